The Balaban J connectivity index is 1.87. The number of nitrogens with zero attached hydrogens (tertiary/aromatic N) is 5. The summed E-state index contributed by atoms with van der Waals surface area (Å²) in [6.07, 6.45) is 4.97. The molecule has 25 heavy (non-hydrogen) atoms. The molecule has 7 heteroatoms. The summed E-state index contributed by atoms with van der Waals surface area (Å²) in [4.78, 5) is 22.7. The molecular formula is C18H19N5O2. The van der Waals surface area contributed by atoms with E-state index < -0.39 is 0 Å². The molecule has 0 aliphatic carbocycles. The van der Waals surface area contributed by atoms with E-state index in [-0.39, 0.29) is 18.6 Å². The van der Waals surface area contributed by atoms with Gasteiger partial charge in [0, 0.05) is 25.4 Å². The van der Waals surface area contributed by atoms with Crippen molar-refractivity contribution in [1.82, 2.24) is 24.6 Å². The number of carbonyl (C=O) groups excluding carboxylic acids is 1. The molecule has 0 spiro atoms. The largest absolute Gasteiger partial charge is 0.396 e. The van der Waals surface area contributed by atoms with Gasteiger partial charge in [0.2, 0.25) is 0 Å². The molecule has 1 atom stereocenters. The van der Waals surface area contributed by atoms with Gasteiger partial charge in [-0.15, -0.1) is 0 Å². The standard InChI is InChI=1S/C18H19N5O2/c1-22(16(8-10-24)14-5-3-2-4-6-14)18(25)15-7-9-20-17(11-15)23-13-19-12-21-23/h2-7,9,11-13,16,24H,8,10H2,1H3. The van der Waals surface area contributed by atoms with Gasteiger partial charge in [0.05, 0.1) is 6.04 Å². The number of rotatable bonds is 6. The Bertz CT molecular complexity index is 821. The highest BCUT2D eigenvalue weighted by Gasteiger charge is 2.22. The van der Waals surface area contributed by atoms with Crippen molar-refractivity contribution >= 4 is 5.91 Å². The van der Waals surface area contributed by atoms with Gasteiger partial charge in [-0.3, -0.25) is 4.79 Å². The molecule has 1 unspecified atom stereocenters. The quantitative estimate of drug-likeness (QED) is 0.742. The maximum atomic E-state index is 12.9. The Hall–Kier alpha value is -3.06. The van der Waals surface area contributed by atoms with Crippen LogP contribution >= 0.6 is 0 Å². The molecular weight excluding hydrogens is 318 g/mol. The number of aromatic nitrogens is 4. The van der Waals surface area contributed by atoms with E-state index in [1.807, 2.05) is 30.3 Å². The summed E-state index contributed by atoms with van der Waals surface area (Å²) in [6.45, 7) is -0.00225. The van der Waals surface area contributed by atoms with Gasteiger partial charge < -0.3 is 10.0 Å². The lowest BCUT2D eigenvalue weighted by molar-refractivity contribution is 0.0705. The summed E-state index contributed by atoms with van der Waals surface area (Å²) in [5.41, 5.74) is 1.49. The molecule has 7 nitrogen and oxygen atoms in total. The monoisotopic (exact) mass is 337 g/mol. The van der Waals surface area contributed by atoms with Crippen LogP contribution in [-0.2, 0) is 0 Å². The lowest BCUT2D eigenvalue weighted by Crippen LogP contribution is -2.32. The predicted octanol–water partition coefficient (Wildman–Crippen LogP) is 1.86. The van der Waals surface area contributed by atoms with Crippen LogP contribution < -0.4 is 0 Å². The number of hydrogen-bond donors (Lipinski definition) is 1. The van der Waals surface area contributed by atoms with Gasteiger partial charge in [0.15, 0.2) is 5.82 Å². The van der Waals surface area contributed by atoms with Crippen LogP contribution in [-0.4, -0.2) is 49.3 Å². The fourth-order valence-corrected chi connectivity index (χ4v) is 2.73. The number of aliphatic hydroxyl groups excluding tert-OH is 1. The van der Waals surface area contributed by atoms with E-state index in [1.165, 1.54) is 17.3 Å². The van der Waals surface area contributed by atoms with Crippen LogP contribution in [0.3, 0.4) is 0 Å². The molecule has 0 fully saturated rings. The summed E-state index contributed by atoms with van der Waals surface area (Å²) >= 11 is 0. The molecule has 3 rings (SSSR count). The van der Waals surface area contributed by atoms with Gasteiger partial charge in [-0.25, -0.2) is 14.6 Å². The number of hydrogen-bond acceptors (Lipinski definition) is 5. The van der Waals surface area contributed by atoms with Crippen molar-refractivity contribution in [2.75, 3.05) is 13.7 Å². The van der Waals surface area contributed by atoms with Gasteiger partial charge in [0.1, 0.15) is 12.7 Å². The fraction of sp³-hybridized carbons (Fsp3) is 0.222. The van der Waals surface area contributed by atoms with Crippen LogP contribution in [0.15, 0.2) is 61.3 Å². The van der Waals surface area contributed by atoms with Crippen LogP contribution in [0.1, 0.15) is 28.4 Å². The summed E-state index contributed by atoms with van der Waals surface area (Å²) in [7, 11) is 1.74. The number of benzene rings is 1. The molecule has 0 aliphatic heterocycles. The molecule has 2 heterocycles. The van der Waals surface area contributed by atoms with E-state index in [9.17, 15) is 9.90 Å². The third kappa shape index (κ3) is 3.72. The van der Waals surface area contributed by atoms with E-state index in [2.05, 4.69) is 15.1 Å². The van der Waals surface area contributed by atoms with Crippen LogP contribution in [0.4, 0.5) is 0 Å². The minimum absolute atomic E-state index is 0.00225. The third-order valence-electron chi connectivity index (χ3n) is 4.02. The Labute approximate surface area is 145 Å². The summed E-state index contributed by atoms with van der Waals surface area (Å²) in [5.74, 6) is 0.376. The van der Waals surface area contributed by atoms with Gasteiger partial charge in [-0.2, -0.15) is 5.10 Å². The van der Waals surface area contributed by atoms with E-state index >= 15 is 0 Å². The van der Waals surface area contributed by atoms with Crippen molar-refractivity contribution in [3.63, 3.8) is 0 Å². The first-order valence-corrected chi connectivity index (χ1v) is 7.94. The van der Waals surface area contributed by atoms with Crippen molar-refractivity contribution in [3.8, 4) is 5.82 Å². The van der Waals surface area contributed by atoms with Gasteiger partial charge >= 0.3 is 0 Å². The SMILES string of the molecule is CN(C(=O)c1ccnc(-n2cncn2)c1)C(CCO)c1ccccc1. The first-order chi connectivity index (χ1) is 12.2. The maximum absolute atomic E-state index is 12.9. The van der Waals surface area contributed by atoms with Crippen LogP contribution in [0.5, 0.6) is 0 Å². The van der Waals surface area contributed by atoms with Crippen LogP contribution in [0.2, 0.25) is 0 Å². The van der Waals surface area contributed by atoms with E-state index in [0.717, 1.165) is 5.56 Å². The molecule has 1 aromatic carbocycles. The molecule has 0 aliphatic rings. The average molecular weight is 337 g/mol. The summed E-state index contributed by atoms with van der Waals surface area (Å²) < 4.78 is 1.50. The lowest BCUT2D eigenvalue weighted by Gasteiger charge is -2.28. The first kappa shape index (κ1) is 16.8. The van der Waals surface area contributed by atoms with E-state index in [4.69, 9.17) is 0 Å². The Kier molecular flexibility index (Phi) is 5.15. The third-order valence-corrected chi connectivity index (χ3v) is 4.02. The van der Waals surface area contributed by atoms with Crippen molar-refractivity contribution in [2.24, 2.45) is 0 Å². The first-order valence-electron chi connectivity index (χ1n) is 7.94. The number of aliphatic hydroxyl groups is 1. The van der Waals surface area contributed by atoms with Crippen molar-refractivity contribution in [3.05, 3.63) is 72.4 Å². The molecule has 1 N–H and O–H groups in total. The average Bonchev–Trinajstić information content (AvgIpc) is 3.20. The van der Waals surface area contributed by atoms with Crippen molar-refractivity contribution < 1.29 is 9.90 Å². The van der Waals surface area contributed by atoms with Gasteiger partial charge in [0.25, 0.3) is 5.91 Å². The summed E-state index contributed by atoms with van der Waals surface area (Å²) in [5, 5.41) is 13.4. The zero-order valence-electron chi connectivity index (χ0n) is 13.9. The fourth-order valence-electron chi connectivity index (χ4n) is 2.73. The lowest BCUT2D eigenvalue weighted by atomic mass is 10.0. The second kappa shape index (κ2) is 7.67. The highest BCUT2D eigenvalue weighted by Crippen LogP contribution is 2.24. The zero-order chi connectivity index (χ0) is 17.6. The van der Waals surface area contributed by atoms with Crippen molar-refractivity contribution in [1.29, 1.82) is 0 Å². The van der Waals surface area contributed by atoms with Crippen LogP contribution in [0, 0.1) is 0 Å². The topological polar surface area (TPSA) is 84.1 Å². The molecule has 0 radical (unpaired) electrons. The Morgan fingerprint density at radius 3 is 2.76 bits per heavy atom. The van der Waals surface area contributed by atoms with Crippen LogP contribution in [0.25, 0.3) is 5.82 Å². The highest BCUT2D eigenvalue weighted by molar-refractivity contribution is 5.94. The van der Waals surface area contributed by atoms with Gasteiger partial charge in [-0.1, -0.05) is 30.3 Å². The predicted molar refractivity (Wildman–Crippen MR) is 92.1 cm³/mol. The number of amides is 1. The molecule has 0 saturated heterocycles. The normalized spacial score (nSPS) is 11.9. The minimum Gasteiger partial charge on any atom is -0.396 e. The molecule has 1 amide bonds. The summed E-state index contributed by atoms with van der Waals surface area (Å²) in [6, 6.07) is 12.8. The molecule has 0 bridgehead atoms. The molecule has 2 aromatic heterocycles. The van der Waals surface area contributed by atoms with E-state index in [1.54, 1.807) is 30.3 Å². The molecule has 128 valence electrons. The smallest absolute Gasteiger partial charge is 0.254 e. The zero-order valence-corrected chi connectivity index (χ0v) is 13.9. The van der Waals surface area contributed by atoms with Crippen molar-refractivity contribution in [2.45, 2.75) is 12.5 Å². The second-order valence-corrected chi connectivity index (χ2v) is 5.60. The minimum atomic E-state index is -0.207. The van der Waals surface area contributed by atoms with E-state index in [0.29, 0.717) is 17.8 Å². The molecule has 0 saturated carbocycles. The maximum Gasteiger partial charge on any atom is 0.254 e. The highest BCUT2D eigenvalue weighted by atomic mass is 16.3. The number of pyridine rings is 1. The van der Waals surface area contributed by atoms with Gasteiger partial charge in [-0.05, 0) is 24.1 Å². The second-order valence-electron chi connectivity index (χ2n) is 5.60. The Morgan fingerprint density at radius 1 is 1.28 bits per heavy atom. The number of carbonyl (C=O) groups is 1. The molecule has 3 aromatic rings. The Morgan fingerprint density at radius 2 is 2.08 bits per heavy atom.